The molecule has 0 saturated carbocycles. The average Bonchev–Trinajstić information content (AvgIpc) is 2.78. The van der Waals surface area contributed by atoms with E-state index >= 15 is 0 Å². The molecule has 98 valence electrons. The van der Waals surface area contributed by atoms with E-state index in [4.69, 9.17) is 11.5 Å². The van der Waals surface area contributed by atoms with Gasteiger partial charge in [0.2, 0.25) is 5.91 Å². The van der Waals surface area contributed by atoms with Crippen molar-refractivity contribution in [2.45, 2.75) is 6.42 Å². The molecule has 1 aliphatic heterocycles. The summed E-state index contributed by atoms with van der Waals surface area (Å²) >= 11 is 0. The summed E-state index contributed by atoms with van der Waals surface area (Å²) in [6.45, 7) is 1.17. The van der Waals surface area contributed by atoms with E-state index in [0.29, 0.717) is 6.54 Å². The molecule has 2 rings (SSSR count). The fourth-order valence-corrected chi connectivity index (χ4v) is 2.15. The van der Waals surface area contributed by atoms with Crippen molar-refractivity contribution < 1.29 is 14.7 Å². The zero-order chi connectivity index (χ0) is 13.8. The Kier molecular flexibility index (Phi) is 3.71. The van der Waals surface area contributed by atoms with Crippen LogP contribution in [0.1, 0.15) is 15.9 Å². The van der Waals surface area contributed by atoms with Crippen LogP contribution in [-0.2, 0) is 11.2 Å². The number of terminal acetylenes is 1. The predicted octanol–water partition coefficient (Wildman–Crippen LogP) is 0.497. The molecule has 5 nitrogen and oxygen atoms in total. The molecule has 0 spiro atoms. The van der Waals surface area contributed by atoms with Gasteiger partial charge < -0.3 is 15.3 Å². The second-order valence-electron chi connectivity index (χ2n) is 4.30. The third-order valence-electron chi connectivity index (χ3n) is 3.04. The lowest BCUT2D eigenvalue weighted by molar-refractivity contribution is -0.119. The third kappa shape index (κ3) is 2.86. The average molecular weight is 258 g/mol. The molecule has 0 bridgehead atoms. The van der Waals surface area contributed by atoms with Crippen molar-refractivity contribution in [2.24, 2.45) is 0 Å². The van der Waals surface area contributed by atoms with Crippen molar-refractivity contribution in [2.75, 3.05) is 24.5 Å². The second kappa shape index (κ2) is 5.44. The number of anilines is 1. The Labute approximate surface area is 111 Å². The first-order chi connectivity index (χ1) is 9.11. The highest BCUT2D eigenvalue weighted by molar-refractivity contribution is 5.89. The maximum Gasteiger partial charge on any atom is 0.335 e. The molecule has 0 aromatic heterocycles. The van der Waals surface area contributed by atoms with Crippen LogP contribution in [0, 0.1) is 12.3 Å². The van der Waals surface area contributed by atoms with Crippen molar-refractivity contribution in [1.29, 1.82) is 0 Å². The van der Waals surface area contributed by atoms with Crippen LogP contribution in [-0.4, -0.2) is 36.6 Å². The van der Waals surface area contributed by atoms with Gasteiger partial charge in [0.05, 0.1) is 18.7 Å². The number of benzene rings is 1. The maximum atomic E-state index is 11.6. The number of fused-ring (bicyclic) bond motifs is 1. The minimum absolute atomic E-state index is 0.131. The molecule has 0 saturated heterocycles. The van der Waals surface area contributed by atoms with Crippen molar-refractivity contribution in [3.05, 3.63) is 29.3 Å². The van der Waals surface area contributed by atoms with Crippen LogP contribution in [0.2, 0.25) is 0 Å². The summed E-state index contributed by atoms with van der Waals surface area (Å²) in [5.41, 5.74) is 2.16. The molecule has 1 aromatic carbocycles. The van der Waals surface area contributed by atoms with E-state index in [1.807, 2.05) is 4.90 Å². The highest BCUT2D eigenvalue weighted by Crippen LogP contribution is 2.28. The van der Waals surface area contributed by atoms with E-state index in [0.717, 1.165) is 17.7 Å². The molecule has 0 atom stereocenters. The summed E-state index contributed by atoms with van der Waals surface area (Å²) < 4.78 is 0. The minimum Gasteiger partial charge on any atom is -0.478 e. The summed E-state index contributed by atoms with van der Waals surface area (Å²) in [6, 6.07) is 4.97. The van der Waals surface area contributed by atoms with Gasteiger partial charge in [-0.3, -0.25) is 4.79 Å². The monoisotopic (exact) mass is 258 g/mol. The molecule has 1 aromatic rings. The quantitative estimate of drug-likeness (QED) is 0.771. The number of rotatable bonds is 4. The fraction of sp³-hybridized carbons (Fsp3) is 0.286. The van der Waals surface area contributed by atoms with Crippen LogP contribution in [0.5, 0.6) is 0 Å². The van der Waals surface area contributed by atoms with E-state index in [1.54, 1.807) is 18.2 Å². The molecule has 5 heteroatoms. The van der Waals surface area contributed by atoms with Gasteiger partial charge in [0.25, 0.3) is 0 Å². The van der Waals surface area contributed by atoms with E-state index in [1.165, 1.54) is 0 Å². The fourth-order valence-electron chi connectivity index (χ4n) is 2.15. The molecular formula is C14H14N2O3. The first kappa shape index (κ1) is 13.0. The third-order valence-corrected chi connectivity index (χ3v) is 3.04. The van der Waals surface area contributed by atoms with Crippen molar-refractivity contribution in [3.8, 4) is 12.3 Å². The molecule has 0 radical (unpaired) electrons. The molecule has 19 heavy (non-hydrogen) atoms. The number of amides is 1. The van der Waals surface area contributed by atoms with Gasteiger partial charge in [0.1, 0.15) is 0 Å². The lowest BCUT2D eigenvalue weighted by Crippen LogP contribution is -2.36. The summed E-state index contributed by atoms with van der Waals surface area (Å²) in [6.07, 6.45) is 5.82. The molecular weight excluding hydrogens is 244 g/mol. The molecule has 0 fully saturated rings. The zero-order valence-corrected chi connectivity index (χ0v) is 10.3. The number of carbonyl (C=O) groups excluding carboxylic acids is 1. The normalized spacial score (nSPS) is 12.7. The minimum atomic E-state index is -0.937. The summed E-state index contributed by atoms with van der Waals surface area (Å²) in [4.78, 5) is 24.4. The van der Waals surface area contributed by atoms with E-state index in [9.17, 15) is 9.59 Å². The summed E-state index contributed by atoms with van der Waals surface area (Å²) in [7, 11) is 0. The van der Waals surface area contributed by atoms with Crippen LogP contribution in [0.3, 0.4) is 0 Å². The molecule has 0 aliphatic carbocycles. The first-order valence-corrected chi connectivity index (χ1v) is 5.93. The number of nitrogens with one attached hydrogen (secondary N) is 1. The highest BCUT2D eigenvalue weighted by atomic mass is 16.4. The highest BCUT2D eigenvalue weighted by Gasteiger charge is 2.22. The molecule has 1 aliphatic rings. The topological polar surface area (TPSA) is 69.6 Å². The Balaban J connectivity index is 2.08. The Morgan fingerprint density at radius 2 is 2.26 bits per heavy atom. The standard InChI is InChI=1S/C14H14N2O3/c1-2-6-15-13(17)9-16-7-5-10-8-11(14(18)19)3-4-12(10)16/h1,3-4,8H,5-7,9H2,(H,15,17)(H,18,19). The summed E-state index contributed by atoms with van der Waals surface area (Å²) in [5.74, 6) is 1.28. The van der Waals surface area contributed by atoms with Crippen LogP contribution < -0.4 is 10.2 Å². The van der Waals surface area contributed by atoms with E-state index in [-0.39, 0.29) is 24.6 Å². The Morgan fingerprint density at radius 1 is 1.47 bits per heavy atom. The van der Waals surface area contributed by atoms with Gasteiger partial charge in [0.15, 0.2) is 0 Å². The Hall–Kier alpha value is -2.48. The predicted molar refractivity (Wildman–Crippen MR) is 71.2 cm³/mol. The SMILES string of the molecule is C#CCNC(=O)CN1CCc2cc(C(=O)O)ccc21. The van der Waals surface area contributed by atoms with E-state index < -0.39 is 5.97 Å². The lowest BCUT2D eigenvalue weighted by Gasteiger charge is -2.18. The van der Waals surface area contributed by atoms with Crippen molar-refractivity contribution >= 4 is 17.6 Å². The first-order valence-electron chi connectivity index (χ1n) is 5.93. The molecule has 1 amide bonds. The number of nitrogens with zero attached hydrogens (tertiary/aromatic N) is 1. The molecule has 2 N–H and O–H groups in total. The van der Waals surface area contributed by atoms with Gasteiger partial charge in [-0.2, -0.15) is 0 Å². The van der Waals surface area contributed by atoms with Crippen LogP contribution in [0.4, 0.5) is 5.69 Å². The Bertz CT molecular complexity index is 560. The number of carboxylic acids is 1. The van der Waals surface area contributed by atoms with Gasteiger partial charge >= 0.3 is 5.97 Å². The van der Waals surface area contributed by atoms with Crippen LogP contribution >= 0.6 is 0 Å². The van der Waals surface area contributed by atoms with Crippen molar-refractivity contribution in [3.63, 3.8) is 0 Å². The molecule has 1 heterocycles. The Morgan fingerprint density at radius 3 is 2.95 bits per heavy atom. The maximum absolute atomic E-state index is 11.6. The van der Waals surface area contributed by atoms with Gasteiger partial charge in [-0.05, 0) is 30.2 Å². The van der Waals surface area contributed by atoms with Gasteiger partial charge in [-0.15, -0.1) is 6.42 Å². The van der Waals surface area contributed by atoms with Gasteiger partial charge in [-0.25, -0.2) is 4.79 Å². The number of carbonyl (C=O) groups is 2. The lowest BCUT2D eigenvalue weighted by atomic mass is 10.1. The van der Waals surface area contributed by atoms with Gasteiger partial charge in [-0.1, -0.05) is 5.92 Å². The van der Waals surface area contributed by atoms with Crippen molar-refractivity contribution in [1.82, 2.24) is 5.32 Å². The molecule has 0 unspecified atom stereocenters. The zero-order valence-electron chi connectivity index (χ0n) is 10.3. The smallest absolute Gasteiger partial charge is 0.335 e. The largest absolute Gasteiger partial charge is 0.478 e. The number of carboxylic acid groups (broad SMARTS) is 1. The van der Waals surface area contributed by atoms with Crippen LogP contribution in [0.25, 0.3) is 0 Å². The van der Waals surface area contributed by atoms with E-state index in [2.05, 4.69) is 11.2 Å². The van der Waals surface area contributed by atoms with Gasteiger partial charge in [0, 0.05) is 12.2 Å². The number of aromatic carboxylic acids is 1. The number of hydrogen-bond acceptors (Lipinski definition) is 3. The second-order valence-corrected chi connectivity index (χ2v) is 4.30. The van der Waals surface area contributed by atoms with Crippen LogP contribution in [0.15, 0.2) is 18.2 Å². The number of hydrogen-bond donors (Lipinski definition) is 2. The summed E-state index contributed by atoms with van der Waals surface area (Å²) in [5, 5.41) is 11.5.